The number of pyridine rings is 1. The standard InChI is InChI=1S/C8H10FN3O/c9-6-2-1-3-8(12-6)11-5-4-7(10)13/h1-3H,4-5H2,(H2,10,13)(H,11,12). The van der Waals surface area contributed by atoms with Crippen molar-refractivity contribution in [1.82, 2.24) is 4.98 Å². The fourth-order valence-corrected chi connectivity index (χ4v) is 0.820. The van der Waals surface area contributed by atoms with Crippen molar-refractivity contribution in [2.24, 2.45) is 5.73 Å². The minimum atomic E-state index is -0.552. The number of hydrogen-bond acceptors (Lipinski definition) is 3. The average molecular weight is 183 g/mol. The summed E-state index contributed by atoms with van der Waals surface area (Å²) in [6.07, 6.45) is 0.207. The quantitative estimate of drug-likeness (QED) is 0.668. The van der Waals surface area contributed by atoms with Gasteiger partial charge in [-0.25, -0.2) is 4.98 Å². The molecule has 5 heteroatoms. The summed E-state index contributed by atoms with van der Waals surface area (Å²) in [5, 5.41) is 2.76. The van der Waals surface area contributed by atoms with E-state index in [0.717, 1.165) is 0 Å². The molecule has 0 fully saturated rings. The minimum absolute atomic E-state index is 0.207. The molecule has 70 valence electrons. The summed E-state index contributed by atoms with van der Waals surface area (Å²) in [5.74, 6) is -0.547. The second-order valence-electron chi connectivity index (χ2n) is 2.49. The van der Waals surface area contributed by atoms with Crippen molar-refractivity contribution in [3.8, 4) is 0 Å². The van der Waals surface area contributed by atoms with E-state index >= 15 is 0 Å². The van der Waals surface area contributed by atoms with Crippen LogP contribution in [0.3, 0.4) is 0 Å². The van der Waals surface area contributed by atoms with Gasteiger partial charge in [-0.3, -0.25) is 4.79 Å². The van der Waals surface area contributed by atoms with Gasteiger partial charge in [0.1, 0.15) is 5.82 Å². The molecule has 0 atom stereocenters. The van der Waals surface area contributed by atoms with Crippen LogP contribution in [-0.4, -0.2) is 17.4 Å². The van der Waals surface area contributed by atoms with Crippen LogP contribution in [0, 0.1) is 5.95 Å². The highest BCUT2D eigenvalue weighted by molar-refractivity contribution is 5.74. The van der Waals surface area contributed by atoms with Gasteiger partial charge >= 0.3 is 0 Å². The first-order valence-corrected chi connectivity index (χ1v) is 3.83. The van der Waals surface area contributed by atoms with Crippen LogP contribution in [0.4, 0.5) is 10.2 Å². The zero-order valence-corrected chi connectivity index (χ0v) is 6.96. The van der Waals surface area contributed by atoms with E-state index < -0.39 is 11.9 Å². The van der Waals surface area contributed by atoms with E-state index in [1.807, 2.05) is 0 Å². The molecule has 1 aromatic heterocycles. The maximum absolute atomic E-state index is 12.5. The molecule has 0 unspecified atom stereocenters. The lowest BCUT2D eigenvalue weighted by Crippen LogP contribution is -2.16. The maximum atomic E-state index is 12.5. The molecule has 0 bridgehead atoms. The minimum Gasteiger partial charge on any atom is -0.370 e. The van der Waals surface area contributed by atoms with Crippen molar-refractivity contribution < 1.29 is 9.18 Å². The number of amides is 1. The molecule has 0 aliphatic rings. The fraction of sp³-hybridized carbons (Fsp3) is 0.250. The first-order valence-electron chi connectivity index (χ1n) is 3.83. The predicted molar refractivity (Wildman–Crippen MR) is 46.5 cm³/mol. The van der Waals surface area contributed by atoms with Gasteiger partial charge in [-0.05, 0) is 12.1 Å². The van der Waals surface area contributed by atoms with E-state index in [1.54, 1.807) is 6.07 Å². The van der Waals surface area contributed by atoms with E-state index in [9.17, 15) is 9.18 Å². The van der Waals surface area contributed by atoms with E-state index in [-0.39, 0.29) is 6.42 Å². The van der Waals surface area contributed by atoms with Crippen LogP contribution in [0.1, 0.15) is 6.42 Å². The summed E-state index contributed by atoms with van der Waals surface area (Å²) < 4.78 is 12.5. The number of hydrogen-bond donors (Lipinski definition) is 2. The molecular weight excluding hydrogens is 173 g/mol. The van der Waals surface area contributed by atoms with Crippen LogP contribution >= 0.6 is 0 Å². The SMILES string of the molecule is NC(=O)CCNc1cccc(F)n1. The second kappa shape index (κ2) is 4.39. The predicted octanol–water partition coefficient (Wildman–Crippen LogP) is 0.508. The Morgan fingerprint density at radius 1 is 1.62 bits per heavy atom. The van der Waals surface area contributed by atoms with Crippen molar-refractivity contribution in [1.29, 1.82) is 0 Å². The lowest BCUT2D eigenvalue weighted by Gasteiger charge is -2.02. The summed E-state index contributed by atoms with van der Waals surface area (Å²) in [6.45, 7) is 0.367. The average Bonchev–Trinajstić information content (AvgIpc) is 2.03. The number of primary amides is 1. The number of carbonyl (C=O) groups excluding carboxylic acids is 1. The van der Waals surface area contributed by atoms with Crippen LogP contribution in [-0.2, 0) is 4.79 Å². The Hall–Kier alpha value is -1.65. The van der Waals surface area contributed by atoms with E-state index in [1.165, 1.54) is 12.1 Å². The van der Waals surface area contributed by atoms with Crippen molar-refractivity contribution in [3.63, 3.8) is 0 Å². The normalized spacial score (nSPS) is 9.62. The lowest BCUT2D eigenvalue weighted by atomic mass is 10.4. The van der Waals surface area contributed by atoms with Crippen LogP contribution in [0.2, 0.25) is 0 Å². The third-order valence-electron chi connectivity index (χ3n) is 1.39. The molecule has 0 aromatic carbocycles. The highest BCUT2D eigenvalue weighted by Crippen LogP contribution is 2.02. The third kappa shape index (κ3) is 3.50. The Balaban J connectivity index is 2.41. The van der Waals surface area contributed by atoms with E-state index in [2.05, 4.69) is 10.3 Å². The van der Waals surface area contributed by atoms with Gasteiger partial charge in [-0.1, -0.05) is 6.07 Å². The van der Waals surface area contributed by atoms with Crippen LogP contribution in [0.15, 0.2) is 18.2 Å². The van der Waals surface area contributed by atoms with Gasteiger partial charge in [0.05, 0.1) is 0 Å². The Morgan fingerprint density at radius 2 is 2.38 bits per heavy atom. The molecule has 0 saturated heterocycles. The molecule has 1 amide bonds. The van der Waals surface area contributed by atoms with Crippen molar-refractivity contribution in [2.45, 2.75) is 6.42 Å². The molecule has 0 spiro atoms. The third-order valence-corrected chi connectivity index (χ3v) is 1.39. The zero-order chi connectivity index (χ0) is 9.68. The molecule has 0 aliphatic heterocycles. The number of anilines is 1. The summed E-state index contributed by atoms with van der Waals surface area (Å²) in [7, 11) is 0. The monoisotopic (exact) mass is 183 g/mol. The topological polar surface area (TPSA) is 68.0 Å². The van der Waals surface area contributed by atoms with E-state index in [0.29, 0.717) is 12.4 Å². The maximum Gasteiger partial charge on any atom is 0.219 e. The Kier molecular flexibility index (Phi) is 3.19. The number of aromatic nitrogens is 1. The number of nitrogens with zero attached hydrogens (tertiary/aromatic N) is 1. The van der Waals surface area contributed by atoms with Gasteiger partial charge < -0.3 is 11.1 Å². The highest BCUT2D eigenvalue weighted by atomic mass is 19.1. The second-order valence-corrected chi connectivity index (χ2v) is 2.49. The van der Waals surface area contributed by atoms with Gasteiger partial charge in [0.2, 0.25) is 11.9 Å². The van der Waals surface area contributed by atoms with Gasteiger partial charge in [0.25, 0.3) is 0 Å². The number of halogens is 1. The molecule has 4 nitrogen and oxygen atoms in total. The summed E-state index contributed by atoms with van der Waals surface area (Å²) in [5.41, 5.74) is 4.91. The van der Waals surface area contributed by atoms with Gasteiger partial charge in [-0.15, -0.1) is 0 Å². The first-order chi connectivity index (χ1) is 6.18. The summed E-state index contributed by atoms with van der Waals surface area (Å²) in [4.78, 5) is 13.9. The van der Waals surface area contributed by atoms with Crippen molar-refractivity contribution >= 4 is 11.7 Å². The fourth-order valence-electron chi connectivity index (χ4n) is 0.820. The smallest absolute Gasteiger partial charge is 0.219 e. The number of nitrogens with two attached hydrogens (primary N) is 1. The first kappa shape index (κ1) is 9.44. The molecule has 1 heterocycles. The van der Waals surface area contributed by atoms with Crippen LogP contribution in [0.5, 0.6) is 0 Å². The number of carbonyl (C=O) groups is 1. The number of rotatable bonds is 4. The molecule has 1 rings (SSSR count). The molecule has 1 aromatic rings. The molecule has 0 aliphatic carbocycles. The molecule has 3 N–H and O–H groups in total. The summed E-state index contributed by atoms with van der Waals surface area (Å²) >= 11 is 0. The van der Waals surface area contributed by atoms with Crippen molar-refractivity contribution in [3.05, 3.63) is 24.1 Å². The Bertz CT molecular complexity index is 303. The lowest BCUT2D eigenvalue weighted by molar-refractivity contribution is -0.117. The van der Waals surface area contributed by atoms with Gasteiger partial charge in [0.15, 0.2) is 0 Å². The number of nitrogens with one attached hydrogen (secondary N) is 1. The molecular formula is C8H10FN3O. The van der Waals surface area contributed by atoms with Crippen molar-refractivity contribution in [2.75, 3.05) is 11.9 Å². The molecule has 0 saturated carbocycles. The van der Waals surface area contributed by atoms with E-state index in [4.69, 9.17) is 5.73 Å². The molecule has 13 heavy (non-hydrogen) atoms. The highest BCUT2D eigenvalue weighted by Gasteiger charge is 1.96. The van der Waals surface area contributed by atoms with Gasteiger partial charge in [-0.2, -0.15) is 4.39 Å². The van der Waals surface area contributed by atoms with Gasteiger partial charge in [0, 0.05) is 13.0 Å². The zero-order valence-electron chi connectivity index (χ0n) is 6.96. The van der Waals surface area contributed by atoms with Crippen LogP contribution < -0.4 is 11.1 Å². The Labute approximate surface area is 75.0 Å². The largest absolute Gasteiger partial charge is 0.370 e. The molecule has 0 radical (unpaired) electrons. The van der Waals surface area contributed by atoms with Crippen LogP contribution in [0.25, 0.3) is 0 Å². The summed E-state index contributed by atoms with van der Waals surface area (Å²) in [6, 6.07) is 4.40. The Morgan fingerprint density at radius 3 is 3.00 bits per heavy atom.